The fourth-order valence-electron chi connectivity index (χ4n) is 8.30. The minimum absolute atomic E-state index is 0.625. The lowest BCUT2D eigenvalue weighted by atomic mass is 9.96. The van der Waals surface area contributed by atoms with Gasteiger partial charge in [-0.1, -0.05) is 170 Å². The maximum absolute atomic E-state index is 5.25. The molecule has 0 radical (unpaired) electrons. The van der Waals surface area contributed by atoms with Crippen LogP contribution in [-0.2, 0) is 0 Å². The second kappa shape index (κ2) is 13.6. The molecule has 57 heavy (non-hydrogen) atoms. The summed E-state index contributed by atoms with van der Waals surface area (Å²) in [6.07, 6.45) is 0. The van der Waals surface area contributed by atoms with Crippen LogP contribution in [0.3, 0.4) is 0 Å². The molecule has 0 atom stereocenters. The van der Waals surface area contributed by atoms with E-state index in [1.54, 1.807) is 0 Å². The van der Waals surface area contributed by atoms with Gasteiger partial charge >= 0.3 is 0 Å². The number of nitrogens with zero attached hydrogens (tertiary/aromatic N) is 4. The van der Waals surface area contributed by atoms with E-state index in [1.807, 2.05) is 24.3 Å². The molecule has 0 spiro atoms. The van der Waals surface area contributed by atoms with Gasteiger partial charge in [0.15, 0.2) is 17.5 Å². The summed E-state index contributed by atoms with van der Waals surface area (Å²) in [6.45, 7) is 0. The molecule has 0 aliphatic heterocycles. The molecule has 9 aromatic carbocycles. The first-order valence-electron chi connectivity index (χ1n) is 19.3. The maximum atomic E-state index is 5.25. The van der Waals surface area contributed by atoms with E-state index in [1.165, 1.54) is 32.6 Å². The maximum Gasteiger partial charge on any atom is 0.164 e. The smallest absolute Gasteiger partial charge is 0.164 e. The van der Waals surface area contributed by atoms with Gasteiger partial charge in [0, 0.05) is 38.5 Å². The van der Waals surface area contributed by atoms with Gasteiger partial charge in [-0.2, -0.15) is 0 Å². The molecule has 11 rings (SSSR count). The Hall–Kier alpha value is -7.69. The van der Waals surface area contributed by atoms with Gasteiger partial charge in [-0.05, 0) is 74.8 Å². The predicted octanol–water partition coefficient (Wildman–Crippen LogP) is 13.6. The van der Waals surface area contributed by atoms with Gasteiger partial charge in [-0.25, -0.2) is 15.0 Å². The predicted molar refractivity (Wildman–Crippen MR) is 236 cm³/mol. The molecule has 4 heteroatoms. The molecule has 0 N–H and O–H groups in total. The third-order valence-corrected chi connectivity index (χ3v) is 11.0. The number of para-hydroxylation sites is 1. The summed E-state index contributed by atoms with van der Waals surface area (Å²) in [5.74, 6) is 1.90. The van der Waals surface area contributed by atoms with Crippen LogP contribution in [0.1, 0.15) is 0 Å². The lowest BCUT2D eigenvalue weighted by Crippen LogP contribution is -2.01. The molecule has 266 valence electrons. The van der Waals surface area contributed by atoms with E-state index in [4.69, 9.17) is 15.0 Å². The second-order valence-corrected chi connectivity index (χ2v) is 14.4. The van der Waals surface area contributed by atoms with Crippen LogP contribution in [0.2, 0.25) is 0 Å². The fraction of sp³-hybridized carbons (Fsp3) is 0. The highest BCUT2D eigenvalue weighted by molar-refractivity contribution is 6.18. The van der Waals surface area contributed by atoms with Crippen molar-refractivity contribution >= 4 is 43.4 Å². The number of benzene rings is 9. The molecule has 0 saturated heterocycles. The van der Waals surface area contributed by atoms with E-state index in [2.05, 4.69) is 187 Å². The zero-order valence-corrected chi connectivity index (χ0v) is 30.9. The summed E-state index contributed by atoms with van der Waals surface area (Å²) in [7, 11) is 0. The molecular weight excluding hydrogens is 693 g/mol. The Morgan fingerprint density at radius 2 is 0.877 bits per heavy atom. The quantitative estimate of drug-likeness (QED) is 0.171. The summed E-state index contributed by atoms with van der Waals surface area (Å²) >= 11 is 0. The molecule has 0 fully saturated rings. The third-order valence-electron chi connectivity index (χ3n) is 11.0. The van der Waals surface area contributed by atoms with Crippen LogP contribution in [0.15, 0.2) is 206 Å². The van der Waals surface area contributed by atoms with Gasteiger partial charge in [-0.3, -0.25) is 0 Å². The van der Waals surface area contributed by atoms with Crippen LogP contribution in [-0.4, -0.2) is 19.5 Å². The number of fused-ring (bicyclic) bond motifs is 6. The van der Waals surface area contributed by atoms with Crippen molar-refractivity contribution in [2.24, 2.45) is 0 Å². The summed E-state index contributed by atoms with van der Waals surface area (Å²) in [6, 6.07) is 72.9. The Kier molecular flexibility index (Phi) is 7.78. The molecule has 0 unspecified atom stereocenters. The number of rotatable bonds is 6. The molecule has 0 bridgehead atoms. The van der Waals surface area contributed by atoms with Gasteiger partial charge in [0.1, 0.15) is 0 Å². The molecule has 2 aromatic heterocycles. The first-order valence-corrected chi connectivity index (χ1v) is 19.3. The summed E-state index contributed by atoms with van der Waals surface area (Å²) in [5, 5.41) is 7.18. The standard InChI is InChI=1S/C53H34N4/c1-3-15-35(16-4-1)42-32-40-20-8-9-25-44(40)48(34-42)53-55-51(37-18-5-2-6-19-37)54-52(56-53)41-23-13-21-38(31-41)39-22-14-24-43(33-39)57-49-28-12-11-27-46(49)47-30-29-36-17-7-10-26-45(36)50(47)57/h1-34H. The van der Waals surface area contributed by atoms with Crippen molar-refractivity contribution in [2.45, 2.75) is 0 Å². The van der Waals surface area contributed by atoms with E-state index in [9.17, 15) is 0 Å². The van der Waals surface area contributed by atoms with E-state index < -0.39 is 0 Å². The first-order chi connectivity index (χ1) is 28.2. The third kappa shape index (κ3) is 5.74. The van der Waals surface area contributed by atoms with Crippen molar-refractivity contribution in [2.75, 3.05) is 0 Å². The van der Waals surface area contributed by atoms with Gasteiger partial charge in [0.05, 0.1) is 11.0 Å². The van der Waals surface area contributed by atoms with Gasteiger partial charge in [0.25, 0.3) is 0 Å². The van der Waals surface area contributed by atoms with E-state index in [0.29, 0.717) is 17.5 Å². The van der Waals surface area contributed by atoms with Crippen molar-refractivity contribution < 1.29 is 0 Å². The monoisotopic (exact) mass is 726 g/mol. The Morgan fingerprint density at radius 3 is 1.68 bits per heavy atom. The number of aromatic nitrogens is 4. The highest BCUT2D eigenvalue weighted by Gasteiger charge is 2.18. The Bertz CT molecular complexity index is 3290. The van der Waals surface area contributed by atoms with E-state index in [0.717, 1.165) is 55.4 Å². The summed E-state index contributed by atoms with van der Waals surface area (Å²) in [4.78, 5) is 15.5. The highest BCUT2D eigenvalue weighted by Crippen LogP contribution is 2.38. The Morgan fingerprint density at radius 1 is 0.298 bits per heavy atom. The normalized spacial score (nSPS) is 11.5. The average molecular weight is 727 g/mol. The number of hydrogen-bond donors (Lipinski definition) is 0. The molecule has 0 saturated carbocycles. The van der Waals surface area contributed by atoms with Crippen molar-refractivity contribution in [3.63, 3.8) is 0 Å². The Labute approximate surface area is 330 Å². The first kappa shape index (κ1) is 32.7. The van der Waals surface area contributed by atoms with E-state index in [-0.39, 0.29) is 0 Å². The van der Waals surface area contributed by atoms with Crippen LogP contribution >= 0.6 is 0 Å². The van der Waals surface area contributed by atoms with Crippen molar-refractivity contribution in [3.05, 3.63) is 206 Å². The van der Waals surface area contributed by atoms with Gasteiger partial charge in [-0.15, -0.1) is 0 Å². The molecule has 11 aromatic rings. The molecular formula is C53H34N4. The van der Waals surface area contributed by atoms with Crippen LogP contribution in [0, 0.1) is 0 Å². The van der Waals surface area contributed by atoms with Crippen molar-refractivity contribution in [1.29, 1.82) is 0 Å². The molecule has 4 nitrogen and oxygen atoms in total. The minimum Gasteiger partial charge on any atom is -0.309 e. The SMILES string of the molecule is c1ccc(-c2cc(-c3nc(-c4ccccc4)nc(-c4cccc(-c5cccc(-n6c7ccccc7c7ccc8ccccc8c76)c5)c4)n3)c3ccccc3c2)cc1. The van der Waals surface area contributed by atoms with Crippen LogP contribution < -0.4 is 0 Å². The van der Waals surface area contributed by atoms with E-state index >= 15 is 0 Å². The average Bonchev–Trinajstić information content (AvgIpc) is 3.64. The lowest BCUT2D eigenvalue weighted by molar-refractivity contribution is 1.08. The number of hydrogen-bond acceptors (Lipinski definition) is 3. The zero-order chi connectivity index (χ0) is 37.7. The topological polar surface area (TPSA) is 43.6 Å². The fourth-order valence-corrected chi connectivity index (χ4v) is 8.30. The molecule has 0 aliphatic carbocycles. The molecule has 0 amide bonds. The second-order valence-electron chi connectivity index (χ2n) is 14.4. The minimum atomic E-state index is 0.625. The van der Waals surface area contributed by atoms with Gasteiger partial charge in [0.2, 0.25) is 0 Å². The molecule has 2 heterocycles. The highest BCUT2D eigenvalue weighted by atomic mass is 15.0. The summed E-state index contributed by atoms with van der Waals surface area (Å²) < 4.78 is 2.42. The van der Waals surface area contributed by atoms with Crippen LogP contribution in [0.4, 0.5) is 0 Å². The van der Waals surface area contributed by atoms with Gasteiger partial charge < -0.3 is 4.57 Å². The summed E-state index contributed by atoms with van der Waals surface area (Å²) in [5.41, 5.74) is 10.8. The zero-order valence-electron chi connectivity index (χ0n) is 30.9. The van der Waals surface area contributed by atoms with Crippen LogP contribution in [0.5, 0.6) is 0 Å². The largest absolute Gasteiger partial charge is 0.309 e. The van der Waals surface area contributed by atoms with Crippen molar-refractivity contribution in [1.82, 2.24) is 19.5 Å². The van der Waals surface area contributed by atoms with Crippen molar-refractivity contribution in [3.8, 4) is 62.1 Å². The van der Waals surface area contributed by atoms with Crippen LogP contribution in [0.25, 0.3) is 105 Å². The Balaban J connectivity index is 1.07. The lowest BCUT2D eigenvalue weighted by Gasteiger charge is -2.14. The molecule has 0 aliphatic rings.